The van der Waals surface area contributed by atoms with Crippen molar-refractivity contribution in [3.8, 4) is 22.0 Å². The smallest absolute Gasteiger partial charge is 0.581 e. The van der Waals surface area contributed by atoms with Crippen LogP contribution in [0.1, 0.15) is 36.3 Å². The van der Waals surface area contributed by atoms with Crippen LogP contribution in [0, 0.1) is 0 Å². The number of hydrogen-bond donors (Lipinski definition) is 3. The third kappa shape index (κ3) is 8.19. The molecule has 0 saturated heterocycles. The monoisotopic (exact) mass is 585 g/mol. The topological polar surface area (TPSA) is 176 Å². The number of carbonyl (C=O) groups excluding carboxylic acids is 1. The Morgan fingerprint density at radius 1 is 1.34 bits per heavy atom. The summed E-state index contributed by atoms with van der Waals surface area (Å²) in [6, 6.07) is 5.87. The predicted octanol–water partition coefficient (Wildman–Crippen LogP) is 0.143. The van der Waals surface area contributed by atoms with Crippen molar-refractivity contribution in [1.29, 1.82) is 0 Å². The molecule has 4 aromatic rings. The van der Waals surface area contributed by atoms with Crippen molar-refractivity contribution in [1.82, 2.24) is 29.9 Å². The first-order valence-electron chi connectivity index (χ1n) is 11.2. The van der Waals surface area contributed by atoms with E-state index in [0.29, 0.717) is 34.4 Å². The molecule has 1 fully saturated rings. The number of hydrogen-bond acceptors (Lipinski definition) is 9. The summed E-state index contributed by atoms with van der Waals surface area (Å²) in [5.41, 5.74) is 3.06. The van der Waals surface area contributed by atoms with E-state index in [-0.39, 0.29) is 69.4 Å². The molecule has 1 aliphatic rings. The van der Waals surface area contributed by atoms with Gasteiger partial charge in [-0.25, -0.2) is 9.55 Å². The van der Waals surface area contributed by atoms with E-state index in [1.807, 2.05) is 36.0 Å². The van der Waals surface area contributed by atoms with E-state index < -0.39 is 7.82 Å². The second-order valence-electron chi connectivity index (χ2n) is 7.90. The molecule has 1 saturated carbocycles. The Hall–Kier alpha value is -1.62. The van der Waals surface area contributed by atoms with Crippen LogP contribution in [-0.2, 0) is 13.8 Å². The molecule has 0 unspecified atom stereocenters. The van der Waals surface area contributed by atoms with Gasteiger partial charge in [-0.3, -0.25) is 19.0 Å². The van der Waals surface area contributed by atoms with Crippen molar-refractivity contribution in [2.75, 3.05) is 19.0 Å². The zero-order valence-electron chi connectivity index (χ0n) is 21.0. The summed E-state index contributed by atoms with van der Waals surface area (Å²) >= 11 is 1.38. The second-order valence-corrected chi connectivity index (χ2v) is 10.1. The Morgan fingerprint density at radius 2 is 2.11 bits per heavy atom. The van der Waals surface area contributed by atoms with Crippen LogP contribution in [0.3, 0.4) is 0 Å². The normalized spacial score (nSPS) is 16.5. The summed E-state index contributed by atoms with van der Waals surface area (Å²) in [5.74, 6) is -0.299. The molecule has 1 aliphatic carbocycles. The van der Waals surface area contributed by atoms with Crippen LogP contribution in [0.25, 0.3) is 22.0 Å². The van der Waals surface area contributed by atoms with Crippen LogP contribution in [0.4, 0.5) is 5.69 Å². The van der Waals surface area contributed by atoms with Gasteiger partial charge in [0, 0.05) is 43.3 Å². The molecule has 0 aromatic carbocycles. The molecular weight excluding hydrogens is 560 g/mol. The first-order valence-corrected chi connectivity index (χ1v) is 13.6. The number of pyridine rings is 1. The van der Waals surface area contributed by atoms with Gasteiger partial charge in [0.05, 0.1) is 23.5 Å². The maximum absolute atomic E-state index is 12.9. The van der Waals surface area contributed by atoms with Gasteiger partial charge in [0.25, 0.3) is 5.91 Å². The minimum Gasteiger partial charge on any atom is -0.581 e. The molecule has 196 valence electrons. The molecule has 4 aromatic heterocycles. The van der Waals surface area contributed by atoms with E-state index in [4.69, 9.17) is 19.6 Å². The Labute approximate surface area is 265 Å². The number of carbonyl (C=O) groups is 1. The Kier molecular flexibility index (Phi) is 11.5. The average molecular weight is 586 g/mol. The van der Waals surface area contributed by atoms with Crippen LogP contribution in [0.2, 0.25) is 0 Å². The molecule has 13 nitrogen and oxygen atoms in total. The second kappa shape index (κ2) is 14.1. The molecule has 0 bridgehead atoms. The molecule has 0 radical (unpaired) electrons. The largest absolute Gasteiger partial charge is 1.00 e. The minimum atomic E-state index is -4.15. The summed E-state index contributed by atoms with van der Waals surface area (Å²) in [6.07, 6.45) is 8.90. The van der Waals surface area contributed by atoms with Crippen molar-refractivity contribution >= 4 is 30.8 Å². The fourth-order valence-corrected chi connectivity index (χ4v) is 4.30. The number of rotatable bonds is 8. The van der Waals surface area contributed by atoms with E-state index in [2.05, 4.69) is 30.0 Å². The van der Waals surface area contributed by atoms with Gasteiger partial charge in [-0.05, 0) is 31.9 Å². The number of anilines is 1. The zero-order chi connectivity index (χ0) is 26.4. The number of aromatic nitrogens is 6. The predicted molar refractivity (Wildman–Crippen MR) is 135 cm³/mol. The fraction of sp³-hybridized carbons (Fsp3) is 0.318. The molecule has 4 heterocycles. The Bertz CT molecular complexity index is 1360. The maximum atomic E-state index is 12.9. The van der Waals surface area contributed by atoms with E-state index in [0.717, 1.165) is 25.5 Å². The summed E-state index contributed by atoms with van der Waals surface area (Å²) in [5, 5.41) is 17.7. The standard InChI is InChI=1S/C21H21N7O2S.CH5O4P.K/c1-2-30-15-7-14(8-15)28-11-17(19(27-28)16-5-3-4-6-22-16)25-20(29)18-12-31-21(26-18)13-9-23-24-10-13;1-5-6(2,3)4;/h3-6,9-12,14-15H,2,7-8H2,1H3,(H2,23,24,25,26,29);1H3,(H2,2,3,4);/q;;+1/p-1. The Balaban J connectivity index is 0.000000516. The summed E-state index contributed by atoms with van der Waals surface area (Å²) in [7, 11) is -3.20. The third-order valence-corrected chi connectivity index (χ3v) is 6.78. The van der Waals surface area contributed by atoms with Gasteiger partial charge < -0.3 is 30.0 Å². The number of amides is 1. The van der Waals surface area contributed by atoms with Crippen LogP contribution >= 0.6 is 19.2 Å². The van der Waals surface area contributed by atoms with Gasteiger partial charge in [-0.1, -0.05) is 6.07 Å². The molecular formula is C22H25KN7O6PS. The molecule has 3 N–H and O–H groups in total. The first-order chi connectivity index (χ1) is 17.8. The molecule has 0 aliphatic heterocycles. The van der Waals surface area contributed by atoms with Crippen molar-refractivity contribution in [3.05, 3.63) is 54.1 Å². The van der Waals surface area contributed by atoms with Crippen molar-refractivity contribution in [2.24, 2.45) is 0 Å². The number of thiazole rings is 1. The molecule has 5 rings (SSSR count). The van der Waals surface area contributed by atoms with E-state index in [1.165, 1.54) is 11.3 Å². The summed E-state index contributed by atoms with van der Waals surface area (Å²) in [6.45, 7) is 2.71. The maximum Gasteiger partial charge on any atom is 1.00 e. The van der Waals surface area contributed by atoms with Crippen LogP contribution in [-0.4, -0.2) is 60.4 Å². The third-order valence-electron chi connectivity index (χ3n) is 5.42. The quantitative estimate of drug-likeness (QED) is 0.189. The van der Waals surface area contributed by atoms with Crippen molar-refractivity contribution in [3.63, 3.8) is 0 Å². The zero-order valence-corrected chi connectivity index (χ0v) is 25.8. The summed E-state index contributed by atoms with van der Waals surface area (Å²) < 4.78 is 20.6. The minimum absolute atomic E-state index is 0. The van der Waals surface area contributed by atoms with Gasteiger partial charge in [-0.2, -0.15) is 5.10 Å². The first kappa shape index (κ1) is 30.9. The van der Waals surface area contributed by atoms with Gasteiger partial charge >= 0.3 is 59.2 Å². The van der Waals surface area contributed by atoms with Crippen LogP contribution < -0.4 is 61.8 Å². The van der Waals surface area contributed by atoms with Gasteiger partial charge in [-0.15, -0.1) is 17.5 Å². The number of nitrogens with one attached hydrogen (secondary N) is 1. The SMILES string of the molecule is CCOC1CC(n2cc(NC(=O)c3csc(-c4cn[n-]c4)n3)c(-c3ccccn3)n2)C1.COP(=O)(O)O.[K+]. The van der Waals surface area contributed by atoms with Gasteiger partial charge in [0.2, 0.25) is 0 Å². The van der Waals surface area contributed by atoms with Gasteiger partial charge in [0.1, 0.15) is 16.4 Å². The molecule has 38 heavy (non-hydrogen) atoms. The van der Waals surface area contributed by atoms with Crippen molar-refractivity contribution in [2.45, 2.75) is 31.9 Å². The molecule has 0 atom stereocenters. The summed E-state index contributed by atoms with van der Waals surface area (Å²) in [4.78, 5) is 37.2. The number of phosphoric acid groups is 1. The van der Waals surface area contributed by atoms with E-state index >= 15 is 0 Å². The van der Waals surface area contributed by atoms with Crippen LogP contribution in [0.5, 0.6) is 0 Å². The number of ether oxygens (including phenoxy) is 1. The fourth-order valence-electron chi connectivity index (χ4n) is 3.52. The van der Waals surface area contributed by atoms with E-state index in [9.17, 15) is 9.36 Å². The van der Waals surface area contributed by atoms with E-state index in [1.54, 1.807) is 24.0 Å². The van der Waals surface area contributed by atoms with Crippen molar-refractivity contribution < 1.29 is 79.8 Å². The molecule has 16 heteroatoms. The molecule has 1 amide bonds. The Morgan fingerprint density at radius 3 is 2.71 bits per heavy atom. The van der Waals surface area contributed by atoms with Crippen LogP contribution in [0.15, 0.2) is 48.4 Å². The average Bonchev–Trinajstić information content (AvgIpc) is 3.62. The molecule has 0 spiro atoms. The number of nitrogens with zero attached hydrogens (tertiary/aromatic N) is 6. The number of phosphoric ester groups is 1. The van der Waals surface area contributed by atoms with Gasteiger partial charge in [0.15, 0.2) is 0 Å².